The van der Waals surface area contributed by atoms with Crippen LogP contribution >= 0.6 is 0 Å². The third-order valence-corrected chi connectivity index (χ3v) is 18.6. The molecule has 0 saturated carbocycles. The number of hydrogen-bond acceptors (Lipinski definition) is 10. The second kappa shape index (κ2) is 69.7. The molecule has 1 amide bonds. The van der Waals surface area contributed by atoms with E-state index in [4.69, 9.17) is 14.2 Å². The third kappa shape index (κ3) is 57.6. The number of aliphatic hydroxyl groups is 5. The number of allylic oxidation sites excluding steroid dienone is 9. The minimum Gasteiger partial charge on any atom is -0.466 e. The van der Waals surface area contributed by atoms with E-state index in [9.17, 15) is 35.1 Å². The molecule has 92 heavy (non-hydrogen) atoms. The number of rotatable bonds is 70. The molecule has 0 radical (unpaired) electrons. The van der Waals surface area contributed by atoms with Crippen LogP contribution in [0.3, 0.4) is 0 Å². The summed E-state index contributed by atoms with van der Waals surface area (Å²) < 4.78 is 16.7. The van der Waals surface area contributed by atoms with Crippen LogP contribution in [0.2, 0.25) is 0 Å². The molecule has 7 unspecified atom stereocenters. The number of unbranched alkanes of at least 4 members (excludes halogenated alkanes) is 48. The molecule has 1 rings (SSSR count). The van der Waals surface area contributed by atoms with Gasteiger partial charge in [-0.3, -0.25) is 9.59 Å². The smallest absolute Gasteiger partial charge is 0.305 e. The maximum atomic E-state index is 13.0. The molecule has 0 bridgehead atoms. The first-order chi connectivity index (χ1) is 45.2. The number of aliphatic hydroxyl groups excluding tert-OH is 5. The second-order valence-electron chi connectivity index (χ2n) is 27.4. The predicted octanol–water partition coefficient (Wildman–Crippen LogP) is 21.2. The van der Waals surface area contributed by atoms with Gasteiger partial charge in [-0.2, -0.15) is 0 Å². The number of esters is 1. The highest BCUT2D eigenvalue weighted by Crippen LogP contribution is 2.24. The van der Waals surface area contributed by atoms with Crippen LogP contribution in [0.5, 0.6) is 0 Å². The van der Waals surface area contributed by atoms with Crippen molar-refractivity contribution in [1.82, 2.24) is 5.32 Å². The molecular formula is C81H149NO10. The SMILES string of the molecule is CCCCCC/C=C\C/C=C\CCCCCCCCCC(=O)OCCCCCCCCCCCCCCC/C=C\C/C=C\CCCCCCCCCCCCCCCCCCCC(=O)NC(COC1OC(CO)C(O)C(O)C1O)C(O)/C=C/CCCCCCCCC. The Labute approximate surface area is 567 Å². The summed E-state index contributed by atoms with van der Waals surface area (Å²) in [5.74, 6) is -0.175. The van der Waals surface area contributed by atoms with Crippen molar-refractivity contribution in [2.75, 3.05) is 19.8 Å². The zero-order chi connectivity index (χ0) is 66.5. The molecular weight excluding hydrogens is 1150 g/mol. The lowest BCUT2D eigenvalue weighted by molar-refractivity contribution is -0.302. The van der Waals surface area contributed by atoms with Crippen molar-refractivity contribution in [3.05, 3.63) is 60.8 Å². The van der Waals surface area contributed by atoms with E-state index in [1.54, 1.807) is 6.08 Å². The van der Waals surface area contributed by atoms with Gasteiger partial charge in [-0.1, -0.05) is 331 Å². The van der Waals surface area contributed by atoms with E-state index in [0.717, 1.165) is 70.6 Å². The molecule has 6 N–H and O–H groups in total. The first-order valence-electron chi connectivity index (χ1n) is 39.6. The average molecular weight is 1300 g/mol. The van der Waals surface area contributed by atoms with Crippen LogP contribution in [-0.2, 0) is 23.8 Å². The summed E-state index contributed by atoms with van der Waals surface area (Å²) in [6.07, 6.45) is 84.1. The summed E-state index contributed by atoms with van der Waals surface area (Å²) in [4.78, 5) is 25.1. The standard InChI is InChI=1S/C81H149NO10/c1-3-5-7-9-11-13-14-15-16-17-40-43-46-49-53-57-61-65-69-77(86)90-70-66-62-58-54-50-47-44-41-38-36-34-32-30-28-26-24-22-20-18-19-21-23-25-27-29-31-33-35-37-39-42-45-48-52-56-60-64-68-76(85)82-73(74(84)67-63-59-55-51-12-10-8-6-4-2)72-91-81-80(89)79(88)78(87)75(71-83)92-81/h13-14,16-18,20,24,26,63,67,73-75,78-81,83-84,87-89H,3-12,15,19,21-23,25,27-62,64-66,68-72H2,1-2H3,(H,82,85)/b14-13-,17-16-,20-18-,26-24-,67-63+. The van der Waals surface area contributed by atoms with Crippen LogP contribution < -0.4 is 5.32 Å². The van der Waals surface area contributed by atoms with Gasteiger partial charge in [0.1, 0.15) is 24.4 Å². The van der Waals surface area contributed by atoms with Gasteiger partial charge in [-0.05, 0) is 96.3 Å². The van der Waals surface area contributed by atoms with Crippen molar-refractivity contribution in [3.8, 4) is 0 Å². The van der Waals surface area contributed by atoms with Gasteiger partial charge < -0.3 is 45.1 Å². The Balaban J connectivity index is 1.87. The van der Waals surface area contributed by atoms with Gasteiger partial charge in [0.25, 0.3) is 0 Å². The van der Waals surface area contributed by atoms with Crippen molar-refractivity contribution in [3.63, 3.8) is 0 Å². The minimum atomic E-state index is -1.57. The Hall–Kier alpha value is -2.64. The molecule has 7 atom stereocenters. The van der Waals surface area contributed by atoms with Crippen LogP contribution in [0.25, 0.3) is 0 Å². The lowest BCUT2D eigenvalue weighted by Gasteiger charge is -2.40. The molecule has 0 spiro atoms. The fourth-order valence-corrected chi connectivity index (χ4v) is 12.4. The molecule has 0 aromatic carbocycles. The highest BCUT2D eigenvalue weighted by Gasteiger charge is 2.44. The molecule has 0 aliphatic carbocycles. The van der Waals surface area contributed by atoms with E-state index in [-0.39, 0.29) is 18.5 Å². The quantitative estimate of drug-likeness (QED) is 0.0195. The summed E-state index contributed by atoms with van der Waals surface area (Å²) in [6, 6.07) is -0.807. The third-order valence-electron chi connectivity index (χ3n) is 18.6. The number of amides is 1. The van der Waals surface area contributed by atoms with Crippen molar-refractivity contribution < 1.29 is 49.3 Å². The molecule has 11 nitrogen and oxygen atoms in total. The van der Waals surface area contributed by atoms with Crippen molar-refractivity contribution in [2.24, 2.45) is 0 Å². The van der Waals surface area contributed by atoms with Gasteiger partial charge in [-0.25, -0.2) is 0 Å². The maximum absolute atomic E-state index is 13.0. The predicted molar refractivity (Wildman–Crippen MR) is 389 cm³/mol. The highest BCUT2D eigenvalue weighted by molar-refractivity contribution is 5.76. The lowest BCUT2D eigenvalue weighted by Crippen LogP contribution is -2.60. The van der Waals surface area contributed by atoms with E-state index in [2.05, 4.69) is 67.8 Å². The molecule has 1 aliphatic rings. The normalized spacial score (nSPS) is 17.8. The fraction of sp³-hybridized carbons (Fsp3) is 0.852. The number of carbonyl (C=O) groups is 2. The van der Waals surface area contributed by atoms with E-state index < -0.39 is 49.5 Å². The number of carbonyl (C=O) groups excluding carboxylic acids is 2. The van der Waals surface area contributed by atoms with E-state index in [0.29, 0.717) is 19.4 Å². The molecule has 1 aliphatic heterocycles. The minimum absolute atomic E-state index is 0.00531. The molecule has 1 heterocycles. The van der Waals surface area contributed by atoms with Gasteiger partial charge in [0, 0.05) is 12.8 Å². The summed E-state index contributed by atoms with van der Waals surface area (Å²) >= 11 is 0. The number of ether oxygens (including phenoxy) is 3. The topological polar surface area (TPSA) is 175 Å². The van der Waals surface area contributed by atoms with Gasteiger partial charge in [0.05, 0.1) is 32.0 Å². The van der Waals surface area contributed by atoms with Crippen LogP contribution in [0.4, 0.5) is 0 Å². The Kier molecular flexibility index (Phi) is 66.2. The monoisotopic (exact) mass is 1300 g/mol. The number of nitrogens with one attached hydrogen (secondary N) is 1. The Bertz CT molecular complexity index is 1710. The zero-order valence-electron chi connectivity index (χ0n) is 60.0. The van der Waals surface area contributed by atoms with Crippen LogP contribution in [-0.4, -0.2) is 100 Å². The average Bonchev–Trinajstić information content (AvgIpc) is 1.07. The Morgan fingerprint density at radius 2 is 0.728 bits per heavy atom. The fourth-order valence-electron chi connectivity index (χ4n) is 12.4. The first kappa shape index (κ1) is 87.4. The molecule has 1 fully saturated rings. The van der Waals surface area contributed by atoms with E-state index in [1.165, 1.54) is 283 Å². The first-order valence-corrected chi connectivity index (χ1v) is 39.6. The van der Waals surface area contributed by atoms with E-state index >= 15 is 0 Å². The summed E-state index contributed by atoms with van der Waals surface area (Å²) in [7, 11) is 0. The Morgan fingerprint density at radius 3 is 1.11 bits per heavy atom. The Morgan fingerprint density at radius 1 is 0.402 bits per heavy atom. The summed E-state index contributed by atoms with van der Waals surface area (Å²) in [5.41, 5.74) is 0. The molecule has 538 valence electrons. The van der Waals surface area contributed by atoms with Gasteiger partial charge in [0.2, 0.25) is 5.91 Å². The summed E-state index contributed by atoms with van der Waals surface area (Å²) in [6.45, 7) is 4.33. The largest absolute Gasteiger partial charge is 0.466 e. The van der Waals surface area contributed by atoms with Crippen molar-refractivity contribution in [2.45, 2.75) is 423 Å². The molecule has 1 saturated heterocycles. The van der Waals surface area contributed by atoms with Crippen molar-refractivity contribution in [1.29, 1.82) is 0 Å². The highest BCUT2D eigenvalue weighted by atomic mass is 16.7. The second-order valence-corrected chi connectivity index (χ2v) is 27.4. The summed E-state index contributed by atoms with van der Waals surface area (Å²) in [5, 5.41) is 54.3. The van der Waals surface area contributed by atoms with Gasteiger partial charge in [0.15, 0.2) is 6.29 Å². The molecule has 11 heteroatoms. The lowest BCUT2D eigenvalue weighted by atomic mass is 9.99. The maximum Gasteiger partial charge on any atom is 0.305 e. The van der Waals surface area contributed by atoms with Crippen LogP contribution in [0, 0.1) is 0 Å². The molecule has 0 aromatic rings. The zero-order valence-corrected chi connectivity index (χ0v) is 60.0. The van der Waals surface area contributed by atoms with E-state index in [1.807, 2.05) is 6.08 Å². The number of hydrogen-bond donors (Lipinski definition) is 6. The van der Waals surface area contributed by atoms with Crippen LogP contribution in [0.1, 0.15) is 380 Å². The van der Waals surface area contributed by atoms with Gasteiger partial charge in [-0.15, -0.1) is 0 Å². The molecule has 0 aromatic heterocycles. The van der Waals surface area contributed by atoms with Crippen LogP contribution in [0.15, 0.2) is 60.8 Å². The van der Waals surface area contributed by atoms with Gasteiger partial charge >= 0.3 is 5.97 Å². The van der Waals surface area contributed by atoms with Crippen molar-refractivity contribution >= 4 is 11.9 Å².